The minimum atomic E-state index is -0.0861. The zero-order valence-electron chi connectivity index (χ0n) is 20.9. The number of carbonyl (C=O) groups excluding carboxylic acids is 1. The lowest BCUT2D eigenvalue weighted by atomic mass is 10.1. The Hall–Kier alpha value is -4.18. The molecule has 1 aromatic carbocycles. The van der Waals surface area contributed by atoms with Gasteiger partial charge in [0.25, 0.3) is 5.91 Å². The first kappa shape index (κ1) is 23.2. The van der Waals surface area contributed by atoms with E-state index in [-0.39, 0.29) is 11.9 Å². The van der Waals surface area contributed by atoms with Crippen molar-refractivity contribution in [1.29, 1.82) is 0 Å². The normalized spacial score (nSPS) is 17.9. The van der Waals surface area contributed by atoms with Crippen molar-refractivity contribution in [3.8, 4) is 22.9 Å². The lowest BCUT2D eigenvalue weighted by molar-refractivity contribution is 0.0938. The zero-order valence-corrected chi connectivity index (χ0v) is 20.9. The van der Waals surface area contributed by atoms with E-state index in [0.29, 0.717) is 36.8 Å². The van der Waals surface area contributed by atoms with Crippen molar-refractivity contribution in [3.63, 3.8) is 0 Å². The predicted octanol–water partition coefficient (Wildman–Crippen LogP) is 3.12. The first-order chi connectivity index (χ1) is 18.0. The molecule has 1 atom stereocenters. The van der Waals surface area contributed by atoms with Gasteiger partial charge in [-0.3, -0.25) is 14.9 Å². The number of hydrogen-bond donors (Lipinski definition) is 2. The van der Waals surface area contributed by atoms with Crippen molar-refractivity contribution in [1.82, 2.24) is 35.2 Å². The van der Waals surface area contributed by atoms with Gasteiger partial charge in [-0.15, -0.1) is 0 Å². The number of benzene rings is 1. The quantitative estimate of drug-likeness (QED) is 0.436. The number of aromatic nitrogens is 5. The monoisotopic (exact) mass is 499 g/mol. The number of ether oxygens (including phenoxy) is 2. The van der Waals surface area contributed by atoms with E-state index in [2.05, 4.69) is 37.5 Å². The van der Waals surface area contributed by atoms with E-state index in [4.69, 9.17) is 9.47 Å². The molecule has 2 N–H and O–H groups in total. The molecule has 2 aliphatic heterocycles. The van der Waals surface area contributed by atoms with Crippen molar-refractivity contribution in [3.05, 3.63) is 53.5 Å². The number of amides is 1. The van der Waals surface area contributed by atoms with Gasteiger partial charge in [-0.2, -0.15) is 10.2 Å². The molecule has 1 amide bonds. The van der Waals surface area contributed by atoms with Crippen LogP contribution in [0, 0.1) is 0 Å². The molecule has 190 valence electrons. The summed E-state index contributed by atoms with van der Waals surface area (Å²) >= 11 is 0. The molecule has 37 heavy (non-hydrogen) atoms. The molecule has 6 rings (SSSR count). The number of rotatable bonds is 2. The number of nitrogens with zero attached hydrogens (tertiary/aromatic N) is 5. The first-order valence-corrected chi connectivity index (χ1v) is 12.5. The van der Waals surface area contributed by atoms with Crippen LogP contribution < -0.4 is 14.8 Å². The molecule has 0 spiro atoms. The summed E-state index contributed by atoms with van der Waals surface area (Å²) in [5, 5.41) is 16.0. The highest BCUT2D eigenvalue weighted by molar-refractivity contribution is 5.96. The maximum absolute atomic E-state index is 13.0. The molecule has 3 aromatic heterocycles. The average Bonchev–Trinajstić information content (AvgIpc) is 3.60. The van der Waals surface area contributed by atoms with E-state index in [1.165, 1.54) is 0 Å². The van der Waals surface area contributed by atoms with Gasteiger partial charge in [0.1, 0.15) is 5.75 Å². The van der Waals surface area contributed by atoms with Gasteiger partial charge >= 0.3 is 0 Å². The summed E-state index contributed by atoms with van der Waals surface area (Å²) < 4.78 is 14.0. The molecule has 1 saturated heterocycles. The Kier molecular flexibility index (Phi) is 6.09. The zero-order chi connectivity index (χ0) is 25.4. The summed E-state index contributed by atoms with van der Waals surface area (Å²) in [5.41, 5.74) is 4.64. The van der Waals surface area contributed by atoms with Crippen LogP contribution in [0.3, 0.4) is 0 Å². The van der Waals surface area contributed by atoms with Crippen molar-refractivity contribution in [2.75, 3.05) is 33.4 Å². The van der Waals surface area contributed by atoms with Crippen molar-refractivity contribution >= 4 is 29.0 Å². The third kappa shape index (κ3) is 4.67. The number of aromatic amines is 1. The highest BCUT2D eigenvalue weighted by atomic mass is 16.5. The summed E-state index contributed by atoms with van der Waals surface area (Å²) in [4.78, 5) is 19.8. The Labute approximate surface area is 214 Å². The lowest BCUT2D eigenvalue weighted by Gasteiger charge is -2.15. The number of fused-ring (bicyclic) bond motifs is 4. The summed E-state index contributed by atoms with van der Waals surface area (Å²) in [6, 6.07) is 7.73. The SMILES string of the molecule is CN1CCC(NC(=O)c2ccc3c(c2)OCCCOc2c(cnn2C)-c2cc4c(n[nH]c4cn2)C=C3)C1. The summed E-state index contributed by atoms with van der Waals surface area (Å²) in [6.45, 7) is 2.74. The fourth-order valence-corrected chi connectivity index (χ4v) is 4.82. The molecule has 0 radical (unpaired) electrons. The summed E-state index contributed by atoms with van der Waals surface area (Å²) in [6.07, 6.45) is 9.06. The molecule has 10 heteroatoms. The highest BCUT2D eigenvalue weighted by Gasteiger charge is 2.22. The third-order valence-electron chi connectivity index (χ3n) is 6.85. The number of aryl methyl sites for hydroxylation is 1. The Morgan fingerprint density at radius 1 is 1.14 bits per heavy atom. The van der Waals surface area contributed by atoms with Gasteiger partial charge in [-0.25, -0.2) is 4.68 Å². The molecular weight excluding hydrogens is 470 g/mol. The molecule has 10 nitrogen and oxygen atoms in total. The number of carbonyl (C=O) groups is 1. The molecular formula is C27H29N7O3. The van der Waals surface area contributed by atoms with Gasteiger partial charge in [0.15, 0.2) is 0 Å². The number of pyridine rings is 1. The number of H-pyrrole nitrogens is 1. The molecule has 0 aliphatic carbocycles. The van der Waals surface area contributed by atoms with Crippen LogP contribution in [-0.4, -0.2) is 75.2 Å². The summed E-state index contributed by atoms with van der Waals surface area (Å²) in [5.74, 6) is 1.21. The number of likely N-dealkylation sites (tertiary alicyclic amines) is 1. The Morgan fingerprint density at radius 2 is 2.03 bits per heavy atom. The Balaban J connectivity index is 1.34. The number of nitrogens with one attached hydrogen (secondary N) is 2. The van der Waals surface area contributed by atoms with E-state index in [0.717, 1.165) is 52.9 Å². The maximum Gasteiger partial charge on any atom is 0.251 e. The second kappa shape index (κ2) is 9.70. The van der Waals surface area contributed by atoms with Crippen LogP contribution >= 0.6 is 0 Å². The van der Waals surface area contributed by atoms with Crippen LogP contribution in [0.1, 0.15) is 34.5 Å². The standard InChI is InChI=1S/C27H29N7O3/c1-33-9-8-19(16-33)30-26(35)18-5-4-17-6-7-22-20-13-23(28-15-24(20)32-31-22)21-14-29-34(2)27(21)37-11-3-10-36-25(17)12-18/h4-7,12-15,19H,3,8-11,16H2,1-2H3,(H,30,35)(H,31,32). The smallest absolute Gasteiger partial charge is 0.251 e. The molecule has 0 saturated carbocycles. The van der Waals surface area contributed by atoms with Crippen molar-refractivity contribution < 1.29 is 14.3 Å². The fraction of sp³-hybridized carbons (Fsp3) is 0.333. The van der Waals surface area contributed by atoms with E-state index >= 15 is 0 Å². The largest absolute Gasteiger partial charge is 0.493 e. The van der Waals surface area contributed by atoms with Crippen LogP contribution in [0.5, 0.6) is 11.6 Å². The molecule has 1 unspecified atom stereocenters. The van der Waals surface area contributed by atoms with Gasteiger partial charge in [-0.05, 0) is 50.4 Å². The van der Waals surface area contributed by atoms with Crippen LogP contribution in [0.4, 0.5) is 0 Å². The van der Waals surface area contributed by atoms with Crippen LogP contribution in [-0.2, 0) is 7.05 Å². The Bertz CT molecular complexity index is 1490. The van der Waals surface area contributed by atoms with Gasteiger partial charge in [0, 0.05) is 42.6 Å². The highest BCUT2D eigenvalue weighted by Crippen LogP contribution is 2.31. The molecule has 4 aromatic rings. The first-order valence-electron chi connectivity index (χ1n) is 12.5. The van der Waals surface area contributed by atoms with Crippen molar-refractivity contribution in [2.45, 2.75) is 18.9 Å². The van der Waals surface area contributed by atoms with Gasteiger partial charge in [-0.1, -0.05) is 6.07 Å². The fourth-order valence-electron chi connectivity index (χ4n) is 4.82. The number of likely N-dealkylation sites (N-methyl/N-ethyl adjacent to an activating group) is 1. The maximum atomic E-state index is 13.0. The number of hydrogen-bond acceptors (Lipinski definition) is 7. The van der Waals surface area contributed by atoms with Crippen LogP contribution in [0.15, 0.2) is 36.7 Å². The molecule has 2 aliphatic rings. The van der Waals surface area contributed by atoms with Crippen LogP contribution in [0.2, 0.25) is 0 Å². The van der Waals surface area contributed by atoms with E-state index < -0.39 is 0 Å². The summed E-state index contributed by atoms with van der Waals surface area (Å²) in [7, 11) is 3.92. The van der Waals surface area contributed by atoms with Gasteiger partial charge < -0.3 is 19.7 Å². The molecule has 5 heterocycles. The van der Waals surface area contributed by atoms with Crippen LogP contribution in [0.25, 0.3) is 34.3 Å². The Morgan fingerprint density at radius 3 is 2.89 bits per heavy atom. The minimum absolute atomic E-state index is 0.0861. The van der Waals surface area contributed by atoms with E-state index in [1.54, 1.807) is 17.1 Å². The lowest BCUT2D eigenvalue weighted by Crippen LogP contribution is -2.36. The molecule has 2 bridgehead atoms. The minimum Gasteiger partial charge on any atom is -0.493 e. The van der Waals surface area contributed by atoms with Gasteiger partial charge in [0.2, 0.25) is 5.88 Å². The van der Waals surface area contributed by atoms with E-state index in [9.17, 15) is 4.79 Å². The molecule has 1 fully saturated rings. The second-order valence-electron chi connectivity index (χ2n) is 9.57. The predicted molar refractivity (Wildman–Crippen MR) is 140 cm³/mol. The van der Waals surface area contributed by atoms with Crippen molar-refractivity contribution in [2.24, 2.45) is 7.05 Å². The third-order valence-corrected chi connectivity index (χ3v) is 6.85. The average molecular weight is 500 g/mol. The van der Waals surface area contributed by atoms with Gasteiger partial charge in [0.05, 0.1) is 48.1 Å². The topological polar surface area (TPSA) is 110 Å². The van der Waals surface area contributed by atoms with E-state index in [1.807, 2.05) is 43.5 Å². The second-order valence-corrected chi connectivity index (χ2v) is 9.57.